The van der Waals surface area contributed by atoms with Crippen LogP contribution in [-0.2, 0) is 19.4 Å². The highest BCUT2D eigenvalue weighted by atomic mass is 35.5. The number of aromatic nitrogens is 2. The monoisotopic (exact) mass is 231 g/mol. The Balaban J connectivity index is 3.25. The average molecular weight is 232 g/mol. The number of halogens is 1. The molecule has 15 heavy (non-hydrogen) atoms. The highest BCUT2D eigenvalue weighted by molar-refractivity contribution is 6.17. The van der Waals surface area contributed by atoms with Crippen LogP contribution in [0.5, 0.6) is 0 Å². The predicted molar refractivity (Wildman–Crippen MR) is 58.4 cm³/mol. The molecule has 5 nitrogen and oxygen atoms in total. The van der Waals surface area contributed by atoms with Crippen LogP contribution in [0.15, 0.2) is 0 Å². The Morgan fingerprint density at radius 1 is 1.47 bits per heavy atom. The van der Waals surface area contributed by atoms with Crippen LogP contribution in [-0.4, -0.2) is 20.6 Å². The van der Waals surface area contributed by atoms with Crippen molar-refractivity contribution in [3.63, 3.8) is 0 Å². The van der Waals surface area contributed by atoms with Gasteiger partial charge in [-0.05, 0) is 12.8 Å². The summed E-state index contributed by atoms with van der Waals surface area (Å²) in [5.74, 6) is 0.412. The standard InChI is InChI=1S/C9H14ClN3O2/c1-3-7-9(13(14)15)8(4-2)12(11-7)6-5-10/h3-6H2,1-2H3. The van der Waals surface area contributed by atoms with Crippen molar-refractivity contribution in [2.45, 2.75) is 33.2 Å². The fourth-order valence-corrected chi connectivity index (χ4v) is 1.77. The van der Waals surface area contributed by atoms with E-state index < -0.39 is 0 Å². The first-order valence-corrected chi connectivity index (χ1v) is 5.48. The van der Waals surface area contributed by atoms with Crippen LogP contribution >= 0.6 is 11.6 Å². The van der Waals surface area contributed by atoms with E-state index in [-0.39, 0.29) is 10.6 Å². The summed E-state index contributed by atoms with van der Waals surface area (Å²) in [4.78, 5) is 10.5. The number of nitro groups is 1. The van der Waals surface area contributed by atoms with Gasteiger partial charge in [-0.15, -0.1) is 11.6 Å². The SMILES string of the molecule is CCc1nn(CCCl)c(CC)c1[N+](=O)[O-]. The summed E-state index contributed by atoms with van der Waals surface area (Å²) in [7, 11) is 0. The van der Waals surface area contributed by atoms with Crippen LogP contribution in [0.2, 0.25) is 0 Å². The Morgan fingerprint density at radius 3 is 2.53 bits per heavy atom. The molecule has 0 aliphatic heterocycles. The normalized spacial score (nSPS) is 10.6. The first-order valence-electron chi connectivity index (χ1n) is 4.94. The average Bonchev–Trinajstić information content (AvgIpc) is 2.56. The highest BCUT2D eigenvalue weighted by Gasteiger charge is 2.24. The largest absolute Gasteiger partial charge is 0.313 e. The van der Waals surface area contributed by atoms with Gasteiger partial charge in [-0.2, -0.15) is 5.10 Å². The minimum absolute atomic E-state index is 0.158. The highest BCUT2D eigenvalue weighted by Crippen LogP contribution is 2.24. The lowest BCUT2D eigenvalue weighted by Crippen LogP contribution is -2.06. The lowest BCUT2D eigenvalue weighted by Gasteiger charge is -2.00. The molecule has 1 rings (SSSR count). The molecule has 0 atom stereocenters. The second kappa shape index (κ2) is 5.11. The van der Waals surface area contributed by atoms with E-state index in [1.54, 1.807) is 4.68 Å². The molecule has 0 amide bonds. The topological polar surface area (TPSA) is 61.0 Å². The molecule has 0 aliphatic rings. The van der Waals surface area contributed by atoms with Gasteiger partial charge in [0.2, 0.25) is 0 Å². The third-order valence-corrected chi connectivity index (χ3v) is 2.42. The second-order valence-electron chi connectivity index (χ2n) is 3.12. The van der Waals surface area contributed by atoms with Crippen molar-refractivity contribution in [1.82, 2.24) is 9.78 Å². The lowest BCUT2D eigenvalue weighted by molar-refractivity contribution is -0.386. The van der Waals surface area contributed by atoms with Gasteiger partial charge in [-0.25, -0.2) is 0 Å². The first kappa shape index (κ1) is 12.0. The van der Waals surface area contributed by atoms with Crippen molar-refractivity contribution >= 4 is 17.3 Å². The smallest absolute Gasteiger partial charge is 0.261 e. The molecule has 0 N–H and O–H groups in total. The van der Waals surface area contributed by atoms with Gasteiger partial charge in [0.05, 0.1) is 11.5 Å². The van der Waals surface area contributed by atoms with Crippen molar-refractivity contribution in [3.05, 3.63) is 21.5 Å². The van der Waals surface area contributed by atoms with Gasteiger partial charge in [0.15, 0.2) is 0 Å². The van der Waals surface area contributed by atoms with Crippen LogP contribution in [0.3, 0.4) is 0 Å². The molecule has 1 aromatic heterocycles. The minimum atomic E-state index is -0.352. The van der Waals surface area contributed by atoms with E-state index in [9.17, 15) is 10.1 Å². The van der Waals surface area contributed by atoms with E-state index in [0.29, 0.717) is 36.7 Å². The molecule has 0 unspecified atom stereocenters. The zero-order valence-corrected chi connectivity index (χ0v) is 9.62. The molecule has 1 heterocycles. The van der Waals surface area contributed by atoms with Gasteiger partial charge in [0.25, 0.3) is 0 Å². The van der Waals surface area contributed by atoms with E-state index >= 15 is 0 Å². The van der Waals surface area contributed by atoms with Gasteiger partial charge in [0.1, 0.15) is 11.4 Å². The van der Waals surface area contributed by atoms with Crippen molar-refractivity contribution in [3.8, 4) is 0 Å². The third-order valence-electron chi connectivity index (χ3n) is 2.25. The summed E-state index contributed by atoms with van der Waals surface area (Å²) in [6.07, 6.45) is 1.17. The Labute approximate surface area is 93.2 Å². The second-order valence-corrected chi connectivity index (χ2v) is 3.50. The fraction of sp³-hybridized carbons (Fsp3) is 0.667. The lowest BCUT2D eigenvalue weighted by atomic mass is 10.2. The van der Waals surface area contributed by atoms with Gasteiger partial charge in [-0.3, -0.25) is 14.8 Å². The van der Waals surface area contributed by atoms with Gasteiger partial charge in [0, 0.05) is 5.88 Å². The molecular formula is C9H14ClN3O2. The third kappa shape index (κ3) is 2.28. The van der Waals surface area contributed by atoms with Crippen molar-refractivity contribution < 1.29 is 4.92 Å². The molecule has 0 fully saturated rings. The van der Waals surface area contributed by atoms with Crippen molar-refractivity contribution in [2.75, 3.05) is 5.88 Å². The zero-order valence-electron chi connectivity index (χ0n) is 8.86. The van der Waals surface area contributed by atoms with Crippen molar-refractivity contribution in [1.29, 1.82) is 0 Å². The maximum Gasteiger partial charge on any atom is 0.313 e. The predicted octanol–water partition coefficient (Wildman–Crippen LogP) is 2.15. The number of hydrogen-bond acceptors (Lipinski definition) is 3. The molecule has 0 bridgehead atoms. The first-order chi connectivity index (χ1) is 7.15. The summed E-state index contributed by atoms with van der Waals surface area (Å²) >= 11 is 5.62. The Kier molecular flexibility index (Phi) is 4.08. The van der Waals surface area contributed by atoms with Crippen LogP contribution in [0.4, 0.5) is 5.69 Å². The number of nitrogens with zero attached hydrogens (tertiary/aromatic N) is 3. The molecule has 6 heteroatoms. The number of alkyl halides is 1. The van der Waals surface area contributed by atoms with Gasteiger partial charge < -0.3 is 0 Å². The summed E-state index contributed by atoms with van der Waals surface area (Å²) in [6.45, 7) is 4.26. The summed E-state index contributed by atoms with van der Waals surface area (Å²) in [6, 6.07) is 0. The number of rotatable bonds is 5. The van der Waals surface area contributed by atoms with E-state index in [0.717, 1.165) is 0 Å². The Hall–Kier alpha value is -1.10. The van der Waals surface area contributed by atoms with E-state index in [1.165, 1.54) is 0 Å². The molecule has 84 valence electrons. The zero-order chi connectivity index (χ0) is 11.4. The fourth-order valence-electron chi connectivity index (χ4n) is 1.61. The number of aryl methyl sites for hydroxylation is 2. The van der Waals surface area contributed by atoms with E-state index in [4.69, 9.17) is 11.6 Å². The Morgan fingerprint density at radius 2 is 2.13 bits per heavy atom. The molecule has 0 aliphatic carbocycles. The van der Waals surface area contributed by atoms with Crippen LogP contribution < -0.4 is 0 Å². The van der Waals surface area contributed by atoms with Crippen LogP contribution in [0, 0.1) is 10.1 Å². The van der Waals surface area contributed by atoms with Gasteiger partial charge >= 0.3 is 5.69 Å². The molecule has 0 saturated heterocycles. The van der Waals surface area contributed by atoms with E-state index in [1.807, 2.05) is 13.8 Å². The van der Waals surface area contributed by atoms with Gasteiger partial charge in [-0.1, -0.05) is 13.8 Å². The van der Waals surface area contributed by atoms with E-state index in [2.05, 4.69) is 5.10 Å². The maximum absolute atomic E-state index is 10.9. The summed E-state index contributed by atoms with van der Waals surface area (Å²) in [5, 5.41) is 15.1. The molecule has 0 spiro atoms. The maximum atomic E-state index is 10.9. The summed E-state index contributed by atoms with van der Waals surface area (Å²) in [5.41, 5.74) is 1.37. The molecular weight excluding hydrogens is 218 g/mol. The molecule has 0 aromatic carbocycles. The van der Waals surface area contributed by atoms with Crippen LogP contribution in [0.1, 0.15) is 25.2 Å². The molecule has 0 saturated carbocycles. The molecule has 0 radical (unpaired) electrons. The molecule has 1 aromatic rings. The number of hydrogen-bond donors (Lipinski definition) is 0. The Bertz CT molecular complexity index is 362. The minimum Gasteiger partial charge on any atom is -0.261 e. The summed E-state index contributed by atoms with van der Waals surface area (Å²) < 4.78 is 1.64. The van der Waals surface area contributed by atoms with Crippen LogP contribution in [0.25, 0.3) is 0 Å². The quantitative estimate of drug-likeness (QED) is 0.443. The van der Waals surface area contributed by atoms with Crippen molar-refractivity contribution in [2.24, 2.45) is 0 Å².